The highest BCUT2D eigenvalue weighted by Gasteiger charge is 2.15. The highest BCUT2D eigenvalue weighted by Crippen LogP contribution is 2.26. The molecule has 2 heterocycles. The number of nitrogens with two attached hydrogens (primary N) is 1. The molecule has 1 amide bonds. The molecule has 0 radical (unpaired) electrons. The SMILES string of the molecule is NC(=O)c1n[nH]nc1-c1ccc2ccc(-c3ccccc3)nc2c1. The maximum absolute atomic E-state index is 11.4. The van der Waals surface area contributed by atoms with Crippen molar-refractivity contribution < 1.29 is 4.79 Å². The first-order valence-corrected chi connectivity index (χ1v) is 7.39. The smallest absolute Gasteiger partial charge is 0.271 e. The van der Waals surface area contributed by atoms with Crippen LogP contribution in [0.2, 0.25) is 0 Å². The number of carbonyl (C=O) groups is 1. The van der Waals surface area contributed by atoms with Crippen LogP contribution in [0.1, 0.15) is 10.5 Å². The van der Waals surface area contributed by atoms with Crippen molar-refractivity contribution in [1.82, 2.24) is 20.4 Å². The Morgan fingerprint density at radius 2 is 1.71 bits per heavy atom. The van der Waals surface area contributed by atoms with Gasteiger partial charge in [0.15, 0.2) is 5.69 Å². The number of aromatic amines is 1. The van der Waals surface area contributed by atoms with Crippen molar-refractivity contribution in [3.63, 3.8) is 0 Å². The molecule has 2 aromatic carbocycles. The number of nitrogens with zero attached hydrogens (tertiary/aromatic N) is 3. The molecule has 3 N–H and O–H groups in total. The van der Waals surface area contributed by atoms with Crippen molar-refractivity contribution in [2.45, 2.75) is 0 Å². The second-order valence-corrected chi connectivity index (χ2v) is 5.36. The molecule has 24 heavy (non-hydrogen) atoms. The average molecular weight is 315 g/mol. The molecular weight excluding hydrogens is 302 g/mol. The summed E-state index contributed by atoms with van der Waals surface area (Å²) >= 11 is 0. The third kappa shape index (κ3) is 2.40. The Hall–Kier alpha value is -3.54. The highest BCUT2D eigenvalue weighted by atomic mass is 16.1. The summed E-state index contributed by atoms with van der Waals surface area (Å²) in [6.07, 6.45) is 0. The van der Waals surface area contributed by atoms with Crippen molar-refractivity contribution in [2.75, 3.05) is 0 Å². The number of fused-ring (bicyclic) bond motifs is 1. The number of nitrogens with one attached hydrogen (secondary N) is 1. The lowest BCUT2D eigenvalue weighted by molar-refractivity contribution is 0.0996. The predicted octanol–water partition coefficient (Wildman–Crippen LogP) is 2.79. The van der Waals surface area contributed by atoms with Gasteiger partial charge < -0.3 is 5.73 Å². The van der Waals surface area contributed by atoms with E-state index in [0.717, 1.165) is 27.7 Å². The molecule has 0 bridgehead atoms. The Labute approximate surface area is 137 Å². The van der Waals surface area contributed by atoms with Gasteiger partial charge in [-0.05, 0) is 12.1 Å². The molecule has 0 unspecified atom stereocenters. The third-order valence-electron chi connectivity index (χ3n) is 3.82. The molecular formula is C18H13N5O. The molecule has 6 heteroatoms. The second kappa shape index (κ2) is 5.58. The number of rotatable bonds is 3. The van der Waals surface area contributed by atoms with E-state index in [4.69, 9.17) is 10.7 Å². The topological polar surface area (TPSA) is 97.6 Å². The Kier molecular flexibility index (Phi) is 3.28. The molecule has 0 saturated carbocycles. The highest BCUT2D eigenvalue weighted by molar-refractivity contribution is 5.97. The molecule has 2 aromatic heterocycles. The Balaban J connectivity index is 1.85. The summed E-state index contributed by atoms with van der Waals surface area (Å²) in [5, 5.41) is 11.3. The number of carbonyl (C=O) groups excluding carboxylic acids is 1. The van der Waals surface area contributed by atoms with Gasteiger partial charge in [0.1, 0.15) is 5.69 Å². The maximum Gasteiger partial charge on any atom is 0.271 e. The average Bonchev–Trinajstić information content (AvgIpc) is 3.11. The molecule has 0 saturated heterocycles. The lowest BCUT2D eigenvalue weighted by Crippen LogP contribution is -2.12. The number of hydrogen-bond donors (Lipinski definition) is 2. The van der Waals surface area contributed by atoms with Crippen LogP contribution in [0, 0.1) is 0 Å². The number of hydrogen-bond acceptors (Lipinski definition) is 4. The summed E-state index contributed by atoms with van der Waals surface area (Å²) < 4.78 is 0. The van der Waals surface area contributed by atoms with Gasteiger partial charge in [-0.2, -0.15) is 15.4 Å². The van der Waals surface area contributed by atoms with Gasteiger partial charge in [0.05, 0.1) is 11.2 Å². The Morgan fingerprint density at radius 1 is 0.917 bits per heavy atom. The molecule has 116 valence electrons. The van der Waals surface area contributed by atoms with Crippen molar-refractivity contribution in [2.24, 2.45) is 5.73 Å². The number of pyridine rings is 1. The molecule has 0 aliphatic heterocycles. The van der Waals surface area contributed by atoms with Crippen LogP contribution in [0.4, 0.5) is 0 Å². The van der Waals surface area contributed by atoms with Gasteiger partial charge in [0, 0.05) is 16.5 Å². The standard InChI is InChI=1S/C18H13N5O/c19-18(24)17-16(21-23-22-17)13-7-6-12-8-9-14(20-15(12)10-13)11-4-2-1-3-5-11/h1-10H,(H2,19,24)(H,21,22,23). The number of primary amides is 1. The zero-order chi connectivity index (χ0) is 16.5. The van der Waals surface area contributed by atoms with Crippen LogP contribution in [0.25, 0.3) is 33.4 Å². The van der Waals surface area contributed by atoms with E-state index in [9.17, 15) is 4.79 Å². The molecule has 0 aliphatic rings. The van der Waals surface area contributed by atoms with Crippen molar-refractivity contribution in [3.05, 3.63) is 66.4 Å². The number of amides is 1. The van der Waals surface area contributed by atoms with Gasteiger partial charge >= 0.3 is 0 Å². The minimum absolute atomic E-state index is 0.119. The van der Waals surface area contributed by atoms with E-state index in [1.807, 2.05) is 60.7 Å². The quantitative estimate of drug-likeness (QED) is 0.607. The summed E-state index contributed by atoms with van der Waals surface area (Å²) in [6.45, 7) is 0. The Morgan fingerprint density at radius 3 is 2.50 bits per heavy atom. The maximum atomic E-state index is 11.4. The van der Waals surface area contributed by atoms with Crippen LogP contribution >= 0.6 is 0 Å². The van der Waals surface area contributed by atoms with E-state index < -0.39 is 5.91 Å². The normalized spacial score (nSPS) is 10.8. The first-order chi connectivity index (χ1) is 11.7. The van der Waals surface area contributed by atoms with E-state index in [2.05, 4.69) is 15.4 Å². The monoisotopic (exact) mass is 315 g/mol. The van der Waals surface area contributed by atoms with Crippen molar-refractivity contribution in [3.8, 4) is 22.5 Å². The van der Waals surface area contributed by atoms with Crippen LogP contribution in [0.5, 0.6) is 0 Å². The van der Waals surface area contributed by atoms with Gasteiger partial charge in [-0.3, -0.25) is 4.79 Å². The van der Waals surface area contributed by atoms with E-state index in [0.29, 0.717) is 5.69 Å². The molecule has 0 aliphatic carbocycles. The van der Waals surface area contributed by atoms with Gasteiger partial charge in [-0.15, -0.1) is 0 Å². The van der Waals surface area contributed by atoms with Crippen LogP contribution in [0.3, 0.4) is 0 Å². The van der Waals surface area contributed by atoms with Gasteiger partial charge in [0.25, 0.3) is 5.91 Å². The van der Waals surface area contributed by atoms with E-state index in [1.54, 1.807) is 0 Å². The summed E-state index contributed by atoms with van der Waals surface area (Å²) in [4.78, 5) is 16.2. The van der Waals surface area contributed by atoms with Crippen molar-refractivity contribution in [1.29, 1.82) is 0 Å². The number of aromatic nitrogens is 4. The predicted molar refractivity (Wildman–Crippen MR) is 91.1 cm³/mol. The largest absolute Gasteiger partial charge is 0.364 e. The second-order valence-electron chi connectivity index (χ2n) is 5.36. The van der Waals surface area contributed by atoms with E-state index in [1.165, 1.54) is 0 Å². The molecule has 4 aromatic rings. The minimum atomic E-state index is -0.621. The zero-order valence-electron chi connectivity index (χ0n) is 12.6. The summed E-state index contributed by atoms with van der Waals surface area (Å²) in [7, 11) is 0. The van der Waals surface area contributed by atoms with Crippen LogP contribution in [0.15, 0.2) is 60.7 Å². The summed E-state index contributed by atoms with van der Waals surface area (Å²) in [5.41, 5.74) is 9.36. The van der Waals surface area contributed by atoms with E-state index in [-0.39, 0.29) is 5.69 Å². The summed E-state index contributed by atoms with van der Waals surface area (Å²) in [6, 6.07) is 19.7. The minimum Gasteiger partial charge on any atom is -0.364 e. The number of benzene rings is 2. The number of H-pyrrole nitrogens is 1. The molecule has 0 atom stereocenters. The van der Waals surface area contributed by atoms with Crippen LogP contribution in [-0.4, -0.2) is 26.3 Å². The van der Waals surface area contributed by atoms with Crippen LogP contribution < -0.4 is 5.73 Å². The zero-order valence-corrected chi connectivity index (χ0v) is 12.6. The molecule has 0 spiro atoms. The Bertz CT molecular complexity index is 1040. The first kappa shape index (κ1) is 14.1. The fraction of sp³-hybridized carbons (Fsp3) is 0. The lowest BCUT2D eigenvalue weighted by Gasteiger charge is -2.05. The molecule has 4 rings (SSSR count). The van der Waals surface area contributed by atoms with Gasteiger partial charge in [-0.1, -0.05) is 48.5 Å². The lowest BCUT2D eigenvalue weighted by atomic mass is 10.1. The fourth-order valence-corrected chi connectivity index (χ4v) is 2.64. The van der Waals surface area contributed by atoms with Crippen molar-refractivity contribution >= 4 is 16.8 Å². The van der Waals surface area contributed by atoms with Crippen LogP contribution in [-0.2, 0) is 0 Å². The third-order valence-corrected chi connectivity index (χ3v) is 3.82. The fourth-order valence-electron chi connectivity index (χ4n) is 2.64. The van der Waals surface area contributed by atoms with Gasteiger partial charge in [0.2, 0.25) is 0 Å². The molecule has 0 fully saturated rings. The molecule has 6 nitrogen and oxygen atoms in total. The first-order valence-electron chi connectivity index (χ1n) is 7.39. The van der Waals surface area contributed by atoms with Gasteiger partial charge in [-0.25, -0.2) is 4.98 Å². The summed E-state index contributed by atoms with van der Waals surface area (Å²) in [5.74, 6) is -0.621. The van der Waals surface area contributed by atoms with E-state index >= 15 is 0 Å².